The maximum absolute atomic E-state index is 12.1. The summed E-state index contributed by atoms with van der Waals surface area (Å²) in [7, 11) is 0. The first kappa shape index (κ1) is 26.4. The van der Waals surface area contributed by atoms with Crippen molar-refractivity contribution in [2.24, 2.45) is 4.99 Å². The smallest absolute Gasteiger partial charge is 0.379 e. The molecule has 2 rings (SSSR count). The monoisotopic (exact) mass is 550 g/mol. The molecule has 1 unspecified atom stereocenters. The van der Waals surface area contributed by atoms with Crippen LogP contribution < -0.4 is 10.6 Å². The van der Waals surface area contributed by atoms with Gasteiger partial charge >= 0.3 is 6.18 Å². The second kappa shape index (κ2) is 14.4. The summed E-state index contributed by atoms with van der Waals surface area (Å²) in [5.41, 5.74) is 0. The molecule has 0 aliphatic carbocycles. The molecule has 1 aliphatic heterocycles. The second-order valence-corrected chi connectivity index (χ2v) is 7.33. The summed E-state index contributed by atoms with van der Waals surface area (Å²) in [6.45, 7) is 5.81. The third-order valence-electron chi connectivity index (χ3n) is 4.15. The Labute approximate surface area is 191 Å². The number of ether oxygens (including phenoxy) is 2. The lowest BCUT2D eigenvalue weighted by molar-refractivity contribution is -0.173. The molecule has 0 bridgehead atoms. The average Bonchev–Trinajstić information content (AvgIpc) is 3.19. The van der Waals surface area contributed by atoms with Gasteiger partial charge in [0.2, 0.25) is 0 Å². The van der Waals surface area contributed by atoms with Crippen molar-refractivity contribution < 1.29 is 22.6 Å². The molecule has 1 atom stereocenters. The molecule has 0 spiro atoms. The van der Waals surface area contributed by atoms with Crippen molar-refractivity contribution in [3.63, 3.8) is 0 Å². The van der Waals surface area contributed by atoms with E-state index < -0.39 is 12.8 Å². The molecule has 0 aromatic carbocycles. The number of thiophene rings is 1. The number of halogens is 4. The fourth-order valence-electron chi connectivity index (χ4n) is 2.84. The van der Waals surface area contributed by atoms with E-state index in [4.69, 9.17) is 9.73 Å². The van der Waals surface area contributed by atoms with Crippen LogP contribution in [-0.4, -0.2) is 76.2 Å². The van der Waals surface area contributed by atoms with Gasteiger partial charge in [0.15, 0.2) is 5.96 Å². The van der Waals surface area contributed by atoms with E-state index in [2.05, 4.69) is 31.7 Å². The molecule has 1 aromatic heterocycles. The van der Waals surface area contributed by atoms with E-state index in [9.17, 15) is 13.2 Å². The highest BCUT2D eigenvalue weighted by Gasteiger charge is 2.27. The Hall–Kier alpha value is -0.630. The molecule has 2 heterocycles. The predicted molar refractivity (Wildman–Crippen MR) is 120 cm³/mol. The number of hydrogen-bond donors (Lipinski definition) is 2. The maximum Gasteiger partial charge on any atom is 0.411 e. The fraction of sp³-hybridized carbons (Fsp3) is 0.722. The predicted octanol–water partition coefficient (Wildman–Crippen LogP) is 3.26. The number of alkyl halides is 3. The Morgan fingerprint density at radius 1 is 1.34 bits per heavy atom. The van der Waals surface area contributed by atoms with Gasteiger partial charge in [0, 0.05) is 37.7 Å². The number of rotatable bonds is 10. The van der Waals surface area contributed by atoms with E-state index >= 15 is 0 Å². The summed E-state index contributed by atoms with van der Waals surface area (Å²) in [6.07, 6.45) is -3.81. The molecule has 2 N–H and O–H groups in total. The van der Waals surface area contributed by atoms with Crippen molar-refractivity contribution in [1.82, 2.24) is 15.5 Å². The summed E-state index contributed by atoms with van der Waals surface area (Å²) in [5, 5.41) is 8.41. The van der Waals surface area contributed by atoms with Crippen LogP contribution in [0.15, 0.2) is 22.5 Å². The van der Waals surface area contributed by atoms with Crippen molar-refractivity contribution in [3.05, 3.63) is 22.4 Å². The third kappa shape index (κ3) is 10.8. The van der Waals surface area contributed by atoms with Crippen molar-refractivity contribution in [1.29, 1.82) is 0 Å². The van der Waals surface area contributed by atoms with Crippen molar-refractivity contribution in [2.75, 3.05) is 59.2 Å². The van der Waals surface area contributed by atoms with Gasteiger partial charge in [-0.05, 0) is 24.8 Å². The highest BCUT2D eigenvalue weighted by molar-refractivity contribution is 14.0. The van der Waals surface area contributed by atoms with Crippen LogP contribution in [0.2, 0.25) is 0 Å². The van der Waals surface area contributed by atoms with Crippen LogP contribution in [0.3, 0.4) is 0 Å². The molecule has 0 radical (unpaired) electrons. The molecule has 11 heteroatoms. The summed E-state index contributed by atoms with van der Waals surface area (Å²) in [6, 6.07) is 4.36. The van der Waals surface area contributed by atoms with E-state index in [0.29, 0.717) is 32.0 Å². The molecule has 0 saturated carbocycles. The zero-order valence-electron chi connectivity index (χ0n) is 16.5. The van der Waals surface area contributed by atoms with Gasteiger partial charge in [-0.1, -0.05) is 6.07 Å². The van der Waals surface area contributed by atoms with E-state index in [1.807, 2.05) is 13.0 Å². The van der Waals surface area contributed by atoms with Gasteiger partial charge in [0.05, 0.1) is 25.8 Å². The number of hydrogen-bond acceptors (Lipinski definition) is 5. The average molecular weight is 550 g/mol. The van der Waals surface area contributed by atoms with Crippen LogP contribution >= 0.6 is 35.3 Å². The summed E-state index contributed by atoms with van der Waals surface area (Å²) in [5.74, 6) is 0.660. The van der Waals surface area contributed by atoms with E-state index in [1.165, 1.54) is 4.88 Å². The van der Waals surface area contributed by atoms with Crippen molar-refractivity contribution in [2.45, 2.75) is 25.6 Å². The lowest BCUT2D eigenvalue weighted by Gasteiger charge is -2.33. The molecule has 0 amide bonds. The SMILES string of the molecule is CCNC(=NCC(c1cccs1)N1CCOCC1)NCCCOCC(F)(F)F.I. The number of nitrogens with zero attached hydrogens (tertiary/aromatic N) is 2. The molecule has 1 fully saturated rings. The van der Waals surface area contributed by atoms with Gasteiger partial charge in [0.25, 0.3) is 0 Å². The normalized spacial score (nSPS) is 16.9. The van der Waals surface area contributed by atoms with Crippen LogP contribution in [0, 0.1) is 0 Å². The van der Waals surface area contributed by atoms with Crippen molar-refractivity contribution in [3.8, 4) is 0 Å². The quantitative estimate of drug-likeness (QED) is 0.203. The minimum Gasteiger partial charge on any atom is -0.379 e. The molecule has 1 saturated heterocycles. The number of aliphatic imine (C=N–C) groups is 1. The largest absolute Gasteiger partial charge is 0.411 e. The van der Waals surface area contributed by atoms with Crippen molar-refractivity contribution >= 4 is 41.3 Å². The Morgan fingerprint density at radius 3 is 2.72 bits per heavy atom. The Kier molecular flexibility index (Phi) is 13.1. The number of morpholine rings is 1. The Morgan fingerprint density at radius 2 is 2.10 bits per heavy atom. The highest BCUT2D eigenvalue weighted by atomic mass is 127. The van der Waals surface area contributed by atoms with E-state index in [-0.39, 0.29) is 36.6 Å². The Balaban J connectivity index is 0.00000420. The summed E-state index contributed by atoms with van der Waals surface area (Å²) in [4.78, 5) is 8.35. The van der Waals surface area contributed by atoms with E-state index in [0.717, 1.165) is 26.3 Å². The molecule has 6 nitrogen and oxygen atoms in total. The van der Waals surface area contributed by atoms with Gasteiger partial charge in [-0.15, -0.1) is 35.3 Å². The van der Waals surface area contributed by atoms with Gasteiger partial charge in [-0.25, -0.2) is 0 Å². The van der Waals surface area contributed by atoms with Gasteiger partial charge in [-0.2, -0.15) is 13.2 Å². The molecule has 1 aromatic rings. The third-order valence-corrected chi connectivity index (χ3v) is 5.12. The fourth-order valence-corrected chi connectivity index (χ4v) is 3.70. The van der Waals surface area contributed by atoms with Crippen LogP contribution in [0.4, 0.5) is 13.2 Å². The molecule has 29 heavy (non-hydrogen) atoms. The summed E-state index contributed by atoms with van der Waals surface area (Å²) >= 11 is 1.72. The van der Waals surface area contributed by atoms with Crippen LogP contribution in [0.1, 0.15) is 24.3 Å². The topological polar surface area (TPSA) is 58.1 Å². The first-order chi connectivity index (χ1) is 13.5. The Bertz CT molecular complexity index is 570. The first-order valence-corrected chi connectivity index (χ1v) is 10.4. The minimum atomic E-state index is -4.28. The van der Waals surface area contributed by atoms with Crippen LogP contribution in [-0.2, 0) is 9.47 Å². The second-order valence-electron chi connectivity index (χ2n) is 6.35. The summed E-state index contributed by atoms with van der Waals surface area (Å²) < 4.78 is 46.3. The van der Waals surface area contributed by atoms with Crippen LogP contribution in [0.5, 0.6) is 0 Å². The lowest BCUT2D eigenvalue weighted by atomic mass is 10.2. The lowest BCUT2D eigenvalue weighted by Crippen LogP contribution is -2.41. The van der Waals surface area contributed by atoms with Gasteiger partial charge < -0.3 is 20.1 Å². The molecular weight excluding hydrogens is 520 g/mol. The standard InChI is InChI=1S/C18H29F3N4O2S.HI/c1-2-22-17(23-6-4-9-27-14-18(19,20)21)24-13-15(16-5-3-12-28-16)25-7-10-26-11-8-25;/h3,5,12,15H,2,4,6-11,13-14H2,1H3,(H2,22,23,24);1H. The number of guanidine groups is 1. The first-order valence-electron chi connectivity index (χ1n) is 9.51. The minimum absolute atomic E-state index is 0. The van der Waals surface area contributed by atoms with E-state index in [1.54, 1.807) is 11.3 Å². The molecule has 1 aliphatic rings. The molecule has 168 valence electrons. The van der Waals surface area contributed by atoms with Gasteiger partial charge in [0.1, 0.15) is 6.61 Å². The van der Waals surface area contributed by atoms with Crippen LogP contribution in [0.25, 0.3) is 0 Å². The maximum atomic E-state index is 12.1. The van der Waals surface area contributed by atoms with Gasteiger partial charge in [-0.3, -0.25) is 9.89 Å². The zero-order chi connectivity index (χ0) is 20.2. The zero-order valence-corrected chi connectivity index (χ0v) is 19.7. The number of nitrogens with one attached hydrogen (secondary N) is 2. The molecular formula is C18H30F3IN4O2S. The highest BCUT2D eigenvalue weighted by Crippen LogP contribution is 2.26.